The van der Waals surface area contributed by atoms with Crippen LogP contribution in [-0.2, 0) is 5.41 Å². The molecule has 0 saturated carbocycles. The summed E-state index contributed by atoms with van der Waals surface area (Å²) in [5, 5.41) is 4.90. The molecule has 0 atom stereocenters. The quantitative estimate of drug-likeness (QED) is 0.138. The van der Waals surface area contributed by atoms with E-state index in [4.69, 9.17) is 0 Å². The van der Waals surface area contributed by atoms with E-state index in [0.29, 0.717) is 0 Å². The molecule has 11 aromatic rings. The van der Waals surface area contributed by atoms with E-state index < -0.39 is 5.41 Å². The Morgan fingerprint density at radius 1 is 0.266 bits per heavy atom. The molecule has 11 aromatic carbocycles. The van der Waals surface area contributed by atoms with Crippen LogP contribution in [-0.4, -0.2) is 0 Å². The minimum Gasteiger partial charge on any atom is -0.310 e. The average Bonchev–Trinajstić information content (AvgIpc) is 3.68. The van der Waals surface area contributed by atoms with E-state index in [1.165, 1.54) is 88.3 Å². The largest absolute Gasteiger partial charge is 0.310 e. The lowest BCUT2D eigenvalue weighted by atomic mass is 9.68. The van der Waals surface area contributed by atoms with Gasteiger partial charge in [-0.3, -0.25) is 0 Å². The van der Waals surface area contributed by atoms with Crippen molar-refractivity contribution in [3.8, 4) is 44.5 Å². The lowest BCUT2D eigenvalue weighted by molar-refractivity contribution is 0.768. The number of rotatable bonds is 8. The fourth-order valence-electron chi connectivity index (χ4n) is 10.5. The topological polar surface area (TPSA) is 3.24 Å². The van der Waals surface area contributed by atoms with Gasteiger partial charge in [0.2, 0.25) is 0 Å². The van der Waals surface area contributed by atoms with Gasteiger partial charge in [0.1, 0.15) is 0 Å². The minimum atomic E-state index is -0.472. The number of hydrogen-bond donors (Lipinski definition) is 0. The van der Waals surface area contributed by atoms with Crippen LogP contribution in [0.25, 0.3) is 66.1 Å². The van der Waals surface area contributed by atoms with Gasteiger partial charge in [-0.15, -0.1) is 0 Å². The number of fused-ring (bicyclic) bond motifs is 6. The van der Waals surface area contributed by atoms with Crippen molar-refractivity contribution in [2.45, 2.75) is 5.41 Å². The molecule has 0 fully saturated rings. The van der Waals surface area contributed by atoms with Crippen molar-refractivity contribution in [2.75, 3.05) is 4.90 Å². The second-order valence-electron chi connectivity index (χ2n) is 16.8. The summed E-state index contributed by atoms with van der Waals surface area (Å²) in [5.74, 6) is 0. The van der Waals surface area contributed by atoms with Gasteiger partial charge in [0.15, 0.2) is 0 Å². The van der Waals surface area contributed by atoms with E-state index in [-0.39, 0.29) is 0 Å². The predicted molar refractivity (Wildman–Crippen MR) is 270 cm³/mol. The summed E-state index contributed by atoms with van der Waals surface area (Å²) in [6.45, 7) is 0. The molecule has 1 nitrogen and oxygen atoms in total. The summed E-state index contributed by atoms with van der Waals surface area (Å²) >= 11 is 0. The average molecular weight is 814 g/mol. The zero-order chi connectivity index (χ0) is 42.5. The van der Waals surface area contributed by atoms with Crippen LogP contribution in [0.15, 0.2) is 261 Å². The summed E-state index contributed by atoms with van der Waals surface area (Å²) in [6, 6.07) is 95.9. The molecule has 0 heterocycles. The molecule has 0 aliphatic heterocycles. The van der Waals surface area contributed by atoms with Crippen LogP contribution in [0.5, 0.6) is 0 Å². The molecule has 12 rings (SSSR count). The molecular formula is C63H43N. The van der Waals surface area contributed by atoms with Gasteiger partial charge < -0.3 is 4.90 Å². The van der Waals surface area contributed by atoms with Crippen LogP contribution in [0.4, 0.5) is 17.1 Å². The van der Waals surface area contributed by atoms with E-state index in [1.807, 2.05) is 0 Å². The third-order valence-corrected chi connectivity index (χ3v) is 13.3. The van der Waals surface area contributed by atoms with Crippen molar-refractivity contribution in [3.63, 3.8) is 0 Å². The van der Waals surface area contributed by atoms with Gasteiger partial charge in [-0.25, -0.2) is 0 Å². The maximum absolute atomic E-state index is 2.48. The molecule has 64 heavy (non-hydrogen) atoms. The molecule has 0 aromatic heterocycles. The number of anilines is 3. The normalized spacial score (nSPS) is 12.5. The molecule has 0 saturated heterocycles. The Balaban J connectivity index is 1.08. The van der Waals surface area contributed by atoms with Crippen LogP contribution in [0.2, 0.25) is 0 Å². The van der Waals surface area contributed by atoms with Crippen molar-refractivity contribution in [1.82, 2.24) is 0 Å². The van der Waals surface area contributed by atoms with Crippen LogP contribution in [0.3, 0.4) is 0 Å². The summed E-state index contributed by atoms with van der Waals surface area (Å²) in [5.41, 5.74) is 17.7. The van der Waals surface area contributed by atoms with Crippen molar-refractivity contribution >= 4 is 38.6 Å². The van der Waals surface area contributed by atoms with E-state index in [0.717, 1.165) is 17.1 Å². The molecule has 0 N–H and O–H groups in total. The first-order chi connectivity index (χ1) is 31.8. The zero-order valence-corrected chi connectivity index (χ0v) is 35.3. The highest BCUT2D eigenvalue weighted by molar-refractivity contribution is 6.14. The monoisotopic (exact) mass is 813 g/mol. The molecule has 0 spiro atoms. The van der Waals surface area contributed by atoms with Crippen LogP contribution < -0.4 is 4.90 Å². The molecule has 1 aliphatic carbocycles. The summed E-state index contributed by atoms with van der Waals surface area (Å²) in [7, 11) is 0. The van der Waals surface area contributed by atoms with Gasteiger partial charge in [0.25, 0.3) is 0 Å². The Bertz CT molecular complexity index is 3430. The predicted octanol–water partition coefficient (Wildman–Crippen LogP) is 16.8. The fraction of sp³-hybridized carbons (Fsp3) is 0.0159. The lowest BCUT2D eigenvalue weighted by Gasteiger charge is -2.34. The molecule has 0 radical (unpaired) electrons. The molecular weight excluding hydrogens is 771 g/mol. The number of hydrogen-bond acceptors (Lipinski definition) is 1. The molecule has 0 bridgehead atoms. The van der Waals surface area contributed by atoms with Crippen molar-refractivity contribution in [1.29, 1.82) is 0 Å². The third kappa shape index (κ3) is 6.08. The summed E-state index contributed by atoms with van der Waals surface area (Å²) in [6.07, 6.45) is 0. The maximum atomic E-state index is 2.48. The van der Waals surface area contributed by atoms with Crippen molar-refractivity contribution in [2.24, 2.45) is 0 Å². The second-order valence-corrected chi connectivity index (χ2v) is 16.8. The molecule has 1 aliphatic rings. The Hall–Kier alpha value is -8.26. The van der Waals surface area contributed by atoms with E-state index in [1.54, 1.807) is 0 Å². The standard InChI is InChI=1S/C63H43N/c1-5-19-44(20-6-1)47-35-39-54(45-21-7-2-8-22-45)58(41-47)46-33-36-51(37-34-46)64(62-42-48-23-13-14-28-53(48)55-29-15-16-31-57(55)62)52-38-40-61-59(43-52)56-30-17-18-32-60(56)63(61,49-24-9-3-10-25-49)50-26-11-4-12-27-50/h1-43H. The van der Waals surface area contributed by atoms with Crippen molar-refractivity contribution < 1.29 is 0 Å². The second kappa shape index (κ2) is 15.6. The van der Waals surface area contributed by atoms with Gasteiger partial charge in [0, 0.05) is 16.8 Å². The Morgan fingerprint density at radius 2 is 0.781 bits per heavy atom. The zero-order valence-electron chi connectivity index (χ0n) is 35.3. The van der Waals surface area contributed by atoms with Crippen LogP contribution in [0.1, 0.15) is 22.3 Å². The smallest absolute Gasteiger partial charge is 0.0713 e. The van der Waals surface area contributed by atoms with E-state index in [9.17, 15) is 0 Å². The first-order valence-corrected chi connectivity index (χ1v) is 22.2. The minimum absolute atomic E-state index is 0.472. The van der Waals surface area contributed by atoms with Gasteiger partial charge >= 0.3 is 0 Å². The summed E-state index contributed by atoms with van der Waals surface area (Å²) < 4.78 is 0. The number of nitrogens with zero attached hydrogens (tertiary/aromatic N) is 1. The SMILES string of the molecule is c1ccc(-c2ccc(-c3ccccc3)c(-c3ccc(N(c4ccc5c(c4)-c4ccccc4C5(c4ccccc4)c4ccccc4)c4cc5ccccc5c5ccccc45)cc3)c2)cc1. The van der Waals surface area contributed by atoms with Crippen molar-refractivity contribution in [3.05, 3.63) is 283 Å². The van der Waals surface area contributed by atoms with Crippen LogP contribution >= 0.6 is 0 Å². The van der Waals surface area contributed by atoms with Crippen LogP contribution in [0, 0.1) is 0 Å². The fourth-order valence-corrected chi connectivity index (χ4v) is 10.5. The Morgan fingerprint density at radius 3 is 1.48 bits per heavy atom. The first-order valence-electron chi connectivity index (χ1n) is 22.2. The third-order valence-electron chi connectivity index (χ3n) is 13.3. The molecule has 300 valence electrons. The highest BCUT2D eigenvalue weighted by Crippen LogP contribution is 2.57. The number of benzene rings is 11. The highest BCUT2D eigenvalue weighted by Gasteiger charge is 2.46. The molecule has 0 amide bonds. The Kier molecular flexibility index (Phi) is 9.13. The van der Waals surface area contributed by atoms with Gasteiger partial charge in [-0.2, -0.15) is 0 Å². The Labute approximate surface area is 374 Å². The summed E-state index contributed by atoms with van der Waals surface area (Å²) in [4.78, 5) is 2.48. The van der Waals surface area contributed by atoms with Gasteiger partial charge in [0.05, 0.1) is 11.1 Å². The maximum Gasteiger partial charge on any atom is 0.0713 e. The highest BCUT2D eigenvalue weighted by atomic mass is 15.1. The van der Waals surface area contributed by atoms with Gasteiger partial charge in [-0.05, 0) is 119 Å². The lowest BCUT2D eigenvalue weighted by Crippen LogP contribution is -2.28. The van der Waals surface area contributed by atoms with Gasteiger partial charge in [-0.1, -0.05) is 224 Å². The van der Waals surface area contributed by atoms with E-state index in [2.05, 4.69) is 266 Å². The first kappa shape index (κ1) is 37.5. The molecule has 0 unspecified atom stereocenters. The molecule has 1 heteroatoms. The van der Waals surface area contributed by atoms with E-state index >= 15 is 0 Å².